The van der Waals surface area contributed by atoms with Crippen molar-refractivity contribution >= 4 is 0 Å². The molecule has 0 radical (unpaired) electrons. The van der Waals surface area contributed by atoms with Crippen LogP contribution in [0.25, 0.3) is 11.1 Å². The zero-order valence-electron chi connectivity index (χ0n) is 16.2. The van der Waals surface area contributed by atoms with E-state index in [4.69, 9.17) is 14.2 Å². The fourth-order valence-electron chi connectivity index (χ4n) is 3.55. The number of nitrogens with zero attached hydrogens (tertiary/aromatic N) is 2. The van der Waals surface area contributed by atoms with Crippen molar-refractivity contribution < 1.29 is 14.2 Å². The number of fused-ring (bicyclic) bond motifs is 1. The number of ether oxygens (including phenoxy) is 3. The van der Waals surface area contributed by atoms with Crippen LogP contribution in [0.4, 0.5) is 0 Å². The molecular weight excluding hydrogens is 352 g/mol. The Morgan fingerprint density at radius 2 is 1.96 bits per heavy atom. The van der Waals surface area contributed by atoms with Gasteiger partial charge in [-0.15, -0.1) is 0 Å². The Labute approximate surface area is 165 Å². The van der Waals surface area contributed by atoms with Crippen LogP contribution in [0, 0.1) is 0 Å². The van der Waals surface area contributed by atoms with E-state index in [-0.39, 0.29) is 0 Å². The van der Waals surface area contributed by atoms with Gasteiger partial charge in [-0.25, -0.2) is 0 Å². The predicted octanol–water partition coefficient (Wildman–Crippen LogP) is 4.16. The minimum absolute atomic E-state index is 0.625. The number of pyridine rings is 1. The highest BCUT2D eigenvalue weighted by atomic mass is 16.5. The van der Waals surface area contributed by atoms with Crippen LogP contribution in [0.15, 0.2) is 60.9 Å². The lowest BCUT2D eigenvalue weighted by atomic mass is 10.0. The third-order valence-corrected chi connectivity index (χ3v) is 4.93. The fraction of sp³-hybridized carbons (Fsp3) is 0.261. The highest BCUT2D eigenvalue weighted by Crippen LogP contribution is 2.38. The van der Waals surface area contributed by atoms with Crippen LogP contribution in [0.3, 0.4) is 0 Å². The number of hydrogen-bond donors (Lipinski definition) is 0. The third-order valence-electron chi connectivity index (χ3n) is 4.93. The van der Waals surface area contributed by atoms with Crippen molar-refractivity contribution in [3.63, 3.8) is 0 Å². The van der Waals surface area contributed by atoms with Crippen molar-refractivity contribution in [1.29, 1.82) is 0 Å². The minimum Gasteiger partial charge on any atom is -0.497 e. The Hall–Kier alpha value is -3.05. The average molecular weight is 376 g/mol. The first-order chi connectivity index (χ1) is 13.8. The van der Waals surface area contributed by atoms with E-state index in [0.717, 1.165) is 53.6 Å². The Morgan fingerprint density at radius 3 is 2.75 bits per heavy atom. The van der Waals surface area contributed by atoms with Gasteiger partial charge in [0.05, 0.1) is 14.2 Å². The monoisotopic (exact) mass is 376 g/mol. The Morgan fingerprint density at radius 1 is 1.04 bits per heavy atom. The van der Waals surface area contributed by atoms with Gasteiger partial charge >= 0.3 is 0 Å². The van der Waals surface area contributed by atoms with E-state index in [1.54, 1.807) is 20.4 Å². The highest BCUT2D eigenvalue weighted by molar-refractivity contribution is 5.68. The van der Waals surface area contributed by atoms with Crippen LogP contribution in [0.2, 0.25) is 0 Å². The van der Waals surface area contributed by atoms with Gasteiger partial charge in [0.15, 0.2) is 11.5 Å². The lowest BCUT2D eigenvalue weighted by molar-refractivity contribution is 0.216. The molecule has 0 atom stereocenters. The second-order valence-corrected chi connectivity index (χ2v) is 6.82. The van der Waals surface area contributed by atoms with E-state index in [1.165, 1.54) is 5.56 Å². The summed E-state index contributed by atoms with van der Waals surface area (Å²) in [7, 11) is 3.38. The minimum atomic E-state index is 0.625. The molecule has 144 valence electrons. The summed E-state index contributed by atoms with van der Waals surface area (Å²) in [5, 5.41) is 0. The first-order valence-corrected chi connectivity index (χ1v) is 9.36. The molecule has 0 unspecified atom stereocenters. The lowest BCUT2D eigenvalue weighted by Crippen LogP contribution is -2.25. The maximum absolute atomic E-state index is 6.07. The largest absolute Gasteiger partial charge is 0.497 e. The molecule has 1 aromatic heterocycles. The summed E-state index contributed by atoms with van der Waals surface area (Å²) in [6.07, 6.45) is 3.65. The Bertz CT molecular complexity index is 944. The van der Waals surface area contributed by atoms with Crippen LogP contribution in [-0.4, -0.2) is 37.3 Å². The van der Waals surface area contributed by atoms with Crippen molar-refractivity contribution in [2.75, 3.05) is 27.4 Å². The van der Waals surface area contributed by atoms with Crippen molar-refractivity contribution in [3.8, 4) is 28.4 Å². The molecule has 0 bridgehead atoms. The molecule has 0 fully saturated rings. The van der Waals surface area contributed by atoms with Gasteiger partial charge in [0.1, 0.15) is 12.4 Å². The first kappa shape index (κ1) is 18.3. The van der Waals surface area contributed by atoms with Crippen LogP contribution in [0.5, 0.6) is 17.2 Å². The van der Waals surface area contributed by atoms with Gasteiger partial charge in [-0.05, 0) is 41.5 Å². The molecular formula is C23H24N2O3. The molecule has 5 heteroatoms. The van der Waals surface area contributed by atoms with E-state index in [0.29, 0.717) is 6.61 Å². The Kier molecular flexibility index (Phi) is 5.44. The summed E-state index contributed by atoms with van der Waals surface area (Å²) >= 11 is 0. The maximum Gasteiger partial charge on any atom is 0.165 e. The molecule has 3 aromatic rings. The second kappa shape index (κ2) is 8.31. The van der Waals surface area contributed by atoms with Crippen molar-refractivity contribution in [2.45, 2.75) is 13.1 Å². The molecule has 28 heavy (non-hydrogen) atoms. The van der Waals surface area contributed by atoms with Gasteiger partial charge in [-0.2, -0.15) is 0 Å². The van der Waals surface area contributed by atoms with Crippen molar-refractivity contribution in [3.05, 3.63) is 72.1 Å². The number of hydrogen-bond acceptors (Lipinski definition) is 5. The summed E-state index contributed by atoms with van der Waals surface area (Å²) in [4.78, 5) is 6.62. The number of rotatable bonds is 5. The summed E-state index contributed by atoms with van der Waals surface area (Å²) in [6, 6.07) is 16.4. The zero-order chi connectivity index (χ0) is 19.3. The van der Waals surface area contributed by atoms with Crippen LogP contribution in [-0.2, 0) is 13.1 Å². The van der Waals surface area contributed by atoms with Gasteiger partial charge in [-0.3, -0.25) is 9.88 Å². The van der Waals surface area contributed by atoms with E-state index in [9.17, 15) is 0 Å². The predicted molar refractivity (Wildman–Crippen MR) is 109 cm³/mol. The summed E-state index contributed by atoms with van der Waals surface area (Å²) < 4.78 is 17.1. The van der Waals surface area contributed by atoms with Gasteiger partial charge in [0.25, 0.3) is 0 Å². The first-order valence-electron chi connectivity index (χ1n) is 9.36. The van der Waals surface area contributed by atoms with Crippen LogP contribution in [0.1, 0.15) is 11.1 Å². The lowest BCUT2D eigenvalue weighted by Gasteiger charge is -2.20. The van der Waals surface area contributed by atoms with Crippen LogP contribution < -0.4 is 14.2 Å². The summed E-state index contributed by atoms with van der Waals surface area (Å²) in [5.74, 6) is 2.48. The molecule has 0 spiro atoms. The third kappa shape index (κ3) is 3.94. The van der Waals surface area contributed by atoms with E-state index in [1.807, 2.05) is 30.5 Å². The normalized spacial score (nSPS) is 13.9. The molecule has 5 nitrogen and oxygen atoms in total. The van der Waals surface area contributed by atoms with Gasteiger partial charge in [0, 0.05) is 43.2 Å². The number of benzene rings is 2. The summed E-state index contributed by atoms with van der Waals surface area (Å²) in [5.41, 5.74) is 4.49. The van der Waals surface area contributed by atoms with Gasteiger partial charge in [-0.1, -0.05) is 18.2 Å². The molecule has 0 amide bonds. The number of aromatic nitrogens is 1. The van der Waals surface area contributed by atoms with Crippen molar-refractivity contribution in [2.24, 2.45) is 0 Å². The molecule has 0 saturated heterocycles. The molecule has 0 aliphatic carbocycles. The zero-order valence-corrected chi connectivity index (χ0v) is 16.2. The molecule has 1 aliphatic rings. The maximum atomic E-state index is 6.07. The number of methoxy groups -OCH3 is 2. The molecule has 0 saturated carbocycles. The SMILES string of the molecule is COc1cccc(CN2CCOc3c(cc(-c4cccnc4)cc3OC)C2)c1. The molecule has 1 aliphatic heterocycles. The average Bonchev–Trinajstić information content (AvgIpc) is 2.95. The smallest absolute Gasteiger partial charge is 0.165 e. The van der Waals surface area contributed by atoms with E-state index < -0.39 is 0 Å². The van der Waals surface area contributed by atoms with Crippen molar-refractivity contribution in [1.82, 2.24) is 9.88 Å². The summed E-state index contributed by atoms with van der Waals surface area (Å²) in [6.45, 7) is 3.09. The van der Waals surface area contributed by atoms with Gasteiger partial charge < -0.3 is 14.2 Å². The highest BCUT2D eigenvalue weighted by Gasteiger charge is 2.21. The molecule has 2 aromatic carbocycles. The molecule has 4 rings (SSSR count). The van der Waals surface area contributed by atoms with Crippen LogP contribution >= 0.6 is 0 Å². The Balaban J connectivity index is 1.64. The second-order valence-electron chi connectivity index (χ2n) is 6.82. The standard InChI is InChI=1S/C23H24N2O3/c1-26-21-7-3-5-17(11-21)15-25-9-10-28-23-20(16-25)12-19(13-22(23)27-2)18-6-4-8-24-14-18/h3-8,11-14H,9-10,15-16H2,1-2H3. The van der Waals surface area contributed by atoms with Gasteiger partial charge in [0.2, 0.25) is 0 Å². The quantitative estimate of drug-likeness (QED) is 0.669. The molecule has 2 heterocycles. The fourth-order valence-corrected chi connectivity index (χ4v) is 3.55. The van der Waals surface area contributed by atoms with E-state index >= 15 is 0 Å². The van der Waals surface area contributed by atoms with E-state index in [2.05, 4.69) is 34.1 Å². The topological polar surface area (TPSA) is 43.8 Å². The molecule has 0 N–H and O–H groups in total.